The standard InChI is InChI=1S/C15H25F3O2/c1-12(2)14(19)20-11-9-7-5-4-6-8-10-13(3)15(16,17)18/h13H,1,4-11H2,2-3H3. The van der Waals surface area contributed by atoms with E-state index in [1.165, 1.54) is 6.92 Å². The lowest BCUT2D eigenvalue weighted by Crippen LogP contribution is -2.19. The van der Waals surface area contributed by atoms with Crippen molar-refractivity contribution in [3.63, 3.8) is 0 Å². The van der Waals surface area contributed by atoms with E-state index in [1.54, 1.807) is 6.92 Å². The number of unbranched alkanes of at least 4 members (excludes halogenated alkanes) is 5. The molecule has 2 nitrogen and oxygen atoms in total. The molecule has 0 aliphatic carbocycles. The molecular weight excluding hydrogens is 269 g/mol. The van der Waals surface area contributed by atoms with E-state index in [0.717, 1.165) is 32.1 Å². The monoisotopic (exact) mass is 294 g/mol. The minimum Gasteiger partial charge on any atom is -0.462 e. The van der Waals surface area contributed by atoms with Crippen molar-refractivity contribution >= 4 is 5.97 Å². The number of carbonyl (C=O) groups excluding carboxylic acids is 1. The van der Waals surface area contributed by atoms with Crippen molar-refractivity contribution in [2.45, 2.75) is 65.0 Å². The van der Waals surface area contributed by atoms with Gasteiger partial charge in [-0.1, -0.05) is 45.6 Å². The van der Waals surface area contributed by atoms with Gasteiger partial charge >= 0.3 is 12.1 Å². The summed E-state index contributed by atoms with van der Waals surface area (Å²) < 4.78 is 41.7. The van der Waals surface area contributed by atoms with E-state index in [1.807, 2.05) is 0 Å². The predicted molar refractivity (Wildman–Crippen MR) is 73.3 cm³/mol. The maximum Gasteiger partial charge on any atom is 0.391 e. The zero-order valence-electron chi connectivity index (χ0n) is 12.4. The second kappa shape index (κ2) is 9.83. The molecule has 1 unspecified atom stereocenters. The summed E-state index contributed by atoms with van der Waals surface area (Å²) in [7, 11) is 0. The molecule has 0 aliphatic rings. The Labute approximate surface area is 119 Å². The molecule has 0 radical (unpaired) electrons. The van der Waals surface area contributed by atoms with Crippen LogP contribution in [0, 0.1) is 5.92 Å². The Morgan fingerprint density at radius 3 is 2.10 bits per heavy atom. The summed E-state index contributed by atoms with van der Waals surface area (Å²) in [5.74, 6) is -1.57. The van der Waals surface area contributed by atoms with Gasteiger partial charge in [-0.15, -0.1) is 0 Å². The van der Waals surface area contributed by atoms with E-state index in [4.69, 9.17) is 4.74 Å². The molecule has 0 N–H and O–H groups in total. The van der Waals surface area contributed by atoms with Crippen molar-refractivity contribution in [1.82, 2.24) is 0 Å². The minimum atomic E-state index is -4.06. The molecule has 118 valence electrons. The van der Waals surface area contributed by atoms with Crippen LogP contribution in [0.1, 0.15) is 58.8 Å². The third-order valence-electron chi connectivity index (χ3n) is 3.17. The number of halogens is 3. The van der Waals surface area contributed by atoms with E-state index in [9.17, 15) is 18.0 Å². The zero-order valence-corrected chi connectivity index (χ0v) is 12.4. The van der Waals surface area contributed by atoms with Crippen molar-refractivity contribution in [1.29, 1.82) is 0 Å². The number of hydrogen-bond donors (Lipinski definition) is 0. The second-order valence-corrected chi connectivity index (χ2v) is 5.27. The largest absolute Gasteiger partial charge is 0.462 e. The predicted octanol–water partition coefficient (Wildman–Crippen LogP) is 5.03. The van der Waals surface area contributed by atoms with Crippen molar-refractivity contribution in [3.05, 3.63) is 12.2 Å². The first-order valence-electron chi connectivity index (χ1n) is 7.14. The van der Waals surface area contributed by atoms with Gasteiger partial charge in [-0.3, -0.25) is 0 Å². The van der Waals surface area contributed by atoms with Crippen LogP contribution in [0.2, 0.25) is 0 Å². The molecule has 1 atom stereocenters. The maximum absolute atomic E-state index is 12.2. The number of alkyl halides is 3. The fraction of sp³-hybridized carbons (Fsp3) is 0.800. The molecule has 0 aliphatic heterocycles. The first-order valence-corrected chi connectivity index (χ1v) is 7.14. The van der Waals surface area contributed by atoms with E-state index < -0.39 is 12.1 Å². The Balaban J connectivity index is 3.34. The lowest BCUT2D eigenvalue weighted by molar-refractivity contribution is -0.171. The summed E-state index contributed by atoms with van der Waals surface area (Å²) in [6.07, 6.45) is 1.20. The Kier molecular flexibility index (Phi) is 9.34. The number of hydrogen-bond acceptors (Lipinski definition) is 2. The number of rotatable bonds is 10. The number of ether oxygens (including phenoxy) is 1. The third kappa shape index (κ3) is 9.87. The van der Waals surface area contributed by atoms with Gasteiger partial charge in [0.2, 0.25) is 0 Å². The summed E-state index contributed by atoms with van der Waals surface area (Å²) >= 11 is 0. The van der Waals surface area contributed by atoms with E-state index in [2.05, 4.69) is 6.58 Å². The lowest BCUT2D eigenvalue weighted by Gasteiger charge is -2.14. The Morgan fingerprint density at radius 1 is 1.10 bits per heavy atom. The summed E-state index contributed by atoms with van der Waals surface area (Å²) in [6, 6.07) is 0. The fourth-order valence-corrected chi connectivity index (χ4v) is 1.71. The molecular formula is C15H25F3O2. The minimum absolute atomic E-state index is 0.208. The highest BCUT2D eigenvalue weighted by Crippen LogP contribution is 2.29. The average Bonchev–Trinajstić information content (AvgIpc) is 2.34. The normalized spacial score (nSPS) is 13.1. The molecule has 0 aromatic rings. The Hall–Kier alpha value is -1.00. The smallest absolute Gasteiger partial charge is 0.391 e. The molecule has 0 aromatic heterocycles. The van der Waals surface area contributed by atoms with Crippen molar-refractivity contribution < 1.29 is 22.7 Å². The first kappa shape index (κ1) is 19.0. The van der Waals surface area contributed by atoms with Crippen LogP contribution in [-0.2, 0) is 9.53 Å². The van der Waals surface area contributed by atoms with E-state index in [-0.39, 0.29) is 12.4 Å². The van der Waals surface area contributed by atoms with Gasteiger partial charge < -0.3 is 4.74 Å². The topological polar surface area (TPSA) is 26.3 Å². The molecule has 0 heterocycles. The van der Waals surface area contributed by atoms with Crippen LogP contribution in [-0.4, -0.2) is 18.8 Å². The molecule has 0 amide bonds. The molecule has 5 heteroatoms. The van der Waals surface area contributed by atoms with Gasteiger partial charge in [0, 0.05) is 5.57 Å². The molecule has 0 saturated heterocycles. The highest BCUT2D eigenvalue weighted by molar-refractivity contribution is 5.86. The van der Waals surface area contributed by atoms with Crippen molar-refractivity contribution in [3.8, 4) is 0 Å². The molecule has 0 fully saturated rings. The van der Waals surface area contributed by atoms with Crippen molar-refractivity contribution in [2.75, 3.05) is 6.61 Å². The molecule has 0 bridgehead atoms. The van der Waals surface area contributed by atoms with Gasteiger partial charge in [0.05, 0.1) is 12.5 Å². The van der Waals surface area contributed by atoms with Gasteiger partial charge in [0.1, 0.15) is 0 Å². The van der Waals surface area contributed by atoms with Crippen LogP contribution in [0.15, 0.2) is 12.2 Å². The average molecular weight is 294 g/mol. The summed E-state index contributed by atoms with van der Waals surface area (Å²) in [5.41, 5.74) is 0.392. The highest BCUT2D eigenvalue weighted by Gasteiger charge is 2.34. The van der Waals surface area contributed by atoms with Gasteiger partial charge in [0.15, 0.2) is 0 Å². The molecule has 0 aromatic carbocycles. The maximum atomic E-state index is 12.2. The van der Waals surface area contributed by atoms with Crippen LogP contribution in [0.4, 0.5) is 13.2 Å². The fourth-order valence-electron chi connectivity index (χ4n) is 1.71. The second-order valence-electron chi connectivity index (χ2n) is 5.27. The third-order valence-corrected chi connectivity index (χ3v) is 3.17. The lowest BCUT2D eigenvalue weighted by atomic mass is 10.0. The highest BCUT2D eigenvalue weighted by atomic mass is 19.4. The van der Waals surface area contributed by atoms with Gasteiger partial charge in [0.25, 0.3) is 0 Å². The summed E-state index contributed by atoms with van der Waals surface area (Å²) in [6.45, 7) is 6.70. The molecule has 0 saturated carbocycles. The zero-order chi connectivity index (χ0) is 15.6. The van der Waals surface area contributed by atoms with Crippen LogP contribution in [0.25, 0.3) is 0 Å². The van der Waals surface area contributed by atoms with Crippen LogP contribution in [0.5, 0.6) is 0 Å². The first-order chi connectivity index (χ1) is 9.25. The van der Waals surface area contributed by atoms with E-state index in [0.29, 0.717) is 18.6 Å². The van der Waals surface area contributed by atoms with E-state index >= 15 is 0 Å². The van der Waals surface area contributed by atoms with Gasteiger partial charge in [-0.2, -0.15) is 13.2 Å². The quantitative estimate of drug-likeness (QED) is 0.321. The number of carbonyl (C=O) groups is 1. The van der Waals surface area contributed by atoms with Crippen LogP contribution >= 0.6 is 0 Å². The Morgan fingerprint density at radius 2 is 1.60 bits per heavy atom. The van der Waals surface area contributed by atoms with Crippen LogP contribution < -0.4 is 0 Å². The molecule has 20 heavy (non-hydrogen) atoms. The van der Waals surface area contributed by atoms with Crippen molar-refractivity contribution in [2.24, 2.45) is 5.92 Å². The number of esters is 1. The van der Waals surface area contributed by atoms with Gasteiger partial charge in [-0.05, 0) is 19.8 Å². The summed E-state index contributed by atoms with van der Waals surface area (Å²) in [4.78, 5) is 11.0. The SMILES string of the molecule is C=C(C)C(=O)OCCCCCCCCC(C)C(F)(F)F. The Bertz CT molecular complexity index is 298. The van der Waals surface area contributed by atoms with Gasteiger partial charge in [-0.25, -0.2) is 4.79 Å². The summed E-state index contributed by atoms with van der Waals surface area (Å²) in [5, 5.41) is 0. The molecule has 0 rings (SSSR count). The van der Waals surface area contributed by atoms with Crippen LogP contribution in [0.3, 0.4) is 0 Å². The molecule has 0 spiro atoms.